The average molecular weight is 328 g/mol. The Balaban J connectivity index is 1.58. The lowest BCUT2D eigenvalue weighted by Gasteiger charge is -2.23. The van der Waals surface area contributed by atoms with Crippen LogP contribution in [0.15, 0.2) is 31.0 Å². The maximum absolute atomic E-state index is 12.2. The molecule has 0 radical (unpaired) electrons. The summed E-state index contributed by atoms with van der Waals surface area (Å²) in [5.74, 6) is 1.31. The number of aromatic nitrogens is 1. The van der Waals surface area contributed by atoms with Gasteiger partial charge in [0.15, 0.2) is 0 Å². The van der Waals surface area contributed by atoms with Crippen molar-refractivity contribution in [1.82, 2.24) is 15.2 Å². The number of anilines is 1. The average Bonchev–Trinajstić information content (AvgIpc) is 3.45. The maximum Gasteiger partial charge on any atom is 0.253 e. The largest absolute Gasteiger partial charge is 0.355 e. The molecule has 1 aliphatic carbocycles. The standard InChI is InChI=1S/C18H24N4O2/c1-2-8-19-17(23)15-6-7-16(20-13-15)21-9-3-10-22(12-11-21)18(24)14-4-5-14/h2,6-7,13-14H,1,3-5,8-12H2,(H,19,23). The second-order valence-electron chi connectivity index (χ2n) is 6.34. The lowest BCUT2D eigenvalue weighted by molar-refractivity contribution is -0.132. The van der Waals surface area contributed by atoms with E-state index in [-0.39, 0.29) is 11.8 Å². The monoisotopic (exact) mass is 328 g/mol. The van der Waals surface area contributed by atoms with Crippen molar-refractivity contribution in [1.29, 1.82) is 0 Å². The van der Waals surface area contributed by atoms with E-state index in [0.29, 0.717) is 18.0 Å². The molecule has 0 atom stereocenters. The Bertz CT molecular complexity index is 610. The lowest BCUT2D eigenvalue weighted by atomic mass is 10.2. The van der Waals surface area contributed by atoms with Gasteiger partial charge in [-0.2, -0.15) is 0 Å². The van der Waals surface area contributed by atoms with Crippen LogP contribution < -0.4 is 10.2 Å². The summed E-state index contributed by atoms with van der Waals surface area (Å²) in [5.41, 5.74) is 0.543. The van der Waals surface area contributed by atoms with Crippen LogP contribution in [-0.4, -0.2) is 54.4 Å². The molecule has 2 fully saturated rings. The van der Waals surface area contributed by atoms with E-state index < -0.39 is 0 Å². The second-order valence-corrected chi connectivity index (χ2v) is 6.34. The Morgan fingerprint density at radius 3 is 2.75 bits per heavy atom. The number of nitrogens with zero attached hydrogens (tertiary/aromatic N) is 3. The lowest BCUT2D eigenvalue weighted by Crippen LogP contribution is -2.36. The number of hydrogen-bond donors (Lipinski definition) is 1. The number of amides is 2. The molecule has 128 valence electrons. The van der Waals surface area contributed by atoms with E-state index in [4.69, 9.17) is 0 Å². The fourth-order valence-electron chi connectivity index (χ4n) is 2.93. The second kappa shape index (κ2) is 7.47. The molecule has 24 heavy (non-hydrogen) atoms. The molecule has 3 rings (SSSR count). The first-order valence-electron chi connectivity index (χ1n) is 8.58. The van der Waals surface area contributed by atoms with E-state index in [2.05, 4.69) is 21.8 Å². The molecule has 2 heterocycles. The van der Waals surface area contributed by atoms with Gasteiger partial charge in [0.05, 0.1) is 5.56 Å². The molecular formula is C18H24N4O2. The molecule has 2 amide bonds. The summed E-state index contributed by atoms with van der Waals surface area (Å²) >= 11 is 0. The van der Waals surface area contributed by atoms with Gasteiger partial charge in [0.2, 0.25) is 5.91 Å². The zero-order valence-corrected chi connectivity index (χ0v) is 13.9. The minimum Gasteiger partial charge on any atom is -0.355 e. The Kier molecular flexibility index (Phi) is 5.13. The zero-order valence-electron chi connectivity index (χ0n) is 13.9. The van der Waals surface area contributed by atoms with Crippen molar-refractivity contribution in [2.24, 2.45) is 5.92 Å². The Labute approximate surface area is 142 Å². The minimum atomic E-state index is -0.147. The van der Waals surface area contributed by atoms with Gasteiger partial charge in [-0.3, -0.25) is 9.59 Å². The molecule has 0 unspecified atom stereocenters. The van der Waals surface area contributed by atoms with Crippen LogP contribution in [0, 0.1) is 5.92 Å². The van der Waals surface area contributed by atoms with Gasteiger partial charge in [-0.1, -0.05) is 6.08 Å². The quantitative estimate of drug-likeness (QED) is 0.831. The summed E-state index contributed by atoms with van der Waals surface area (Å²) in [7, 11) is 0. The van der Waals surface area contributed by atoms with Crippen molar-refractivity contribution >= 4 is 17.6 Å². The summed E-state index contributed by atoms with van der Waals surface area (Å²) < 4.78 is 0. The molecule has 1 saturated carbocycles. The van der Waals surface area contributed by atoms with Crippen LogP contribution in [0.5, 0.6) is 0 Å². The summed E-state index contributed by atoms with van der Waals surface area (Å²) in [6, 6.07) is 3.67. The van der Waals surface area contributed by atoms with Crippen LogP contribution in [0.2, 0.25) is 0 Å². The highest BCUT2D eigenvalue weighted by Crippen LogP contribution is 2.31. The van der Waals surface area contributed by atoms with Crippen molar-refractivity contribution < 1.29 is 9.59 Å². The number of hydrogen-bond acceptors (Lipinski definition) is 4. The summed E-state index contributed by atoms with van der Waals surface area (Å²) in [6.45, 7) is 7.26. The fraction of sp³-hybridized carbons (Fsp3) is 0.500. The van der Waals surface area contributed by atoms with Gasteiger partial charge < -0.3 is 15.1 Å². The van der Waals surface area contributed by atoms with Crippen molar-refractivity contribution in [3.05, 3.63) is 36.5 Å². The summed E-state index contributed by atoms with van der Waals surface area (Å²) in [6.07, 6.45) is 6.30. The smallest absolute Gasteiger partial charge is 0.253 e. The third kappa shape index (κ3) is 3.93. The topological polar surface area (TPSA) is 65.5 Å². The molecule has 1 aromatic rings. The van der Waals surface area contributed by atoms with Crippen molar-refractivity contribution in [3.8, 4) is 0 Å². The van der Waals surface area contributed by atoms with E-state index in [9.17, 15) is 9.59 Å². The number of carbonyl (C=O) groups is 2. The van der Waals surface area contributed by atoms with Crippen molar-refractivity contribution in [2.45, 2.75) is 19.3 Å². The third-order valence-corrected chi connectivity index (χ3v) is 4.48. The first-order valence-corrected chi connectivity index (χ1v) is 8.58. The highest BCUT2D eigenvalue weighted by Gasteiger charge is 2.33. The third-order valence-electron chi connectivity index (χ3n) is 4.48. The van der Waals surface area contributed by atoms with Gasteiger partial charge in [0.1, 0.15) is 5.82 Å². The van der Waals surface area contributed by atoms with Gasteiger partial charge in [-0.25, -0.2) is 4.98 Å². The molecule has 1 N–H and O–H groups in total. The van der Waals surface area contributed by atoms with Gasteiger partial charge in [0.25, 0.3) is 5.91 Å². The van der Waals surface area contributed by atoms with Gasteiger partial charge in [-0.15, -0.1) is 6.58 Å². The van der Waals surface area contributed by atoms with E-state index in [0.717, 1.165) is 51.3 Å². The van der Waals surface area contributed by atoms with Crippen LogP contribution in [0.4, 0.5) is 5.82 Å². The van der Waals surface area contributed by atoms with Gasteiger partial charge in [-0.05, 0) is 31.4 Å². The number of carbonyl (C=O) groups excluding carboxylic acids is 2. The molecule has 1 aromatic heterocycles. The van der Waals surface area contributed by atoms with Crippen molar-refractivity contribution in [3.63, 3.8) is 0 Å². The first-order chi connectivity index (χ1) is 11.7. The van der Waals surface area contributed by atoms with E-state index >= 15 is 0 Å². The van der Waals surface area contributed by atoms with Crippen LogP contribution >= 0.6 is 0 Å². The zero-order chi connectivity index (χ0) is 16.9. The molecule has 1 saturated heterocycles. The van der Waals surface area contributed by atoms with E-state index in [1.165, 1.54) is 0 Å². The van der Waals surface area contributed by atoms with Crippen LogP contribution in [-0.2, 0) is 4.79 Å². The van der Waals surface area contributed by atoms with Crippen LogP contribution in [0.1, 0.15) is 29.6 Å². The fourth-order valence-corrected chi connectivity index (χ4v) is 2.93. The molecule has 2 aliphatic rings. The maximum atomic E-state index is 12.2. The SMILES string of the molecule is C=CCNC(=O)c1ccc(N2CCCN(C(=O)C3CC3)CC2)nc1. The Morgan fingerprint density at radius 2 is 2.08 bits per heavy atom. The summed E-state index contributed by atoms with van der Waals surface area (Å²) in [4.78, 5) is 32.7. The van der Waals surface area contributed by atoms with Crippen molar-refractivity contribution in [2.75, 3.05) is 37.6 Å². The Hall–Kier alpha value is -2.37. The Morgan fingerprint density at radius 1 is 1.25 bits per heavy atom. The van der Waals surface area contributed by atoms with Crippen LogP contribution in [0.3, 0.4) is 0 Å². The highest BCUT2D eigenvalue weighted by molar-refractivity contribution is 5.94. The van der Waals surface area contributed by atoms with Crippen LogP contribution in [0.25, 0.3) is 0 Å². The van der Waals surface area contributed by atoms with E-state index in [1.807, 2.05) is 11.0 Å². The number of pyridine rings is 1. The molecular weight excluding hydrogens is 304 g/mol. The molecule has 1 aliphatic heterocycles. The normalized spacial score (nSPS) is 18.0. The molecule has 0 spiro atoms. The van der Waals surface area contributed by atoms with Gasteiger partial charge >= 0.3 is 0 Å². The molecule has 0 aromatic carbocycles. The molecule has 6 heteroatoms. The molecule has 6 nitrogen and oxygen atoms in total. The van der Waals surface area contributed by atoms with E-state index in [1.54, 1.807) is 18.3 Å². The minimum absolute atomic E-state index is 0.147. The van der Waals surface area contributed by atoms with Gasteiger partial charge in [0, 0.05) is 44.8 Å². The number of rotatable bonds is 5. The highest BCUT2D eigenvalue weighted by atomic mass is 16.2. The first kappa shape index (κ1) is 16.5. The predicted octanol–water partition coefficient (Wildman–Crippen LogP) is 1.45. The molecule has 0 bridgehead atoms. The predicted molar refractivity (Wildman–Crippen MR) is 92.9 cm³/mol. The number of nitrogens with one attached hydrogen (secondary N) is 1. The summed E-state index contributed by atoms with van der Waals surface area (Å²) in [5, 5.41) is 2.74.